The number of para-hydroxylation sites is 1. The molecule has 0 aromatic heterocycles. The number of anilines is 2. The molecule has 2 amide bonds. The fraction of sp³-hybridized carbons (Fsp3) is 0.364. The van der Waals surface area contributed by atoms with E-state index in [1.807, 2.05) is 19.9 Å². The van der Waals surface area contributed by atoms with Gasteiger partial charge in [0.25, 0.3) is 10.0 Å². The van der Waals surface area contributed by atoms with Crippen LogP contribution in [-0.4, -0.2) is 45.3 Å². The lowest BCUT2D eigenvalue weighted by atomic mass is 10.1. The van der Waals surface area contributed by atoms with E-state index in [-0.39, 0.29) is 23.1 Å². The molecular formula is C22H27N3O4S. The Morgan fingerprint density at radius 2 is 1.87 bits per heavy atom. The fourth-order valence-corrected chi connectivity index (χ4v) is 4.72. The van der Waals surface area contributed by atoms with Gasteiger partial charge in [0.2, 0.25) is 11.8 Å². The second kappa shape index (κ2) is 8.87. The summed E-state index contributed by atoms with van der Waals surface area (Å²) >= 11 is 0. The van der Waals surface area contributed by atoms with Gasteiger partial charge >= 0.3 is 0 Å². The van der Waals surface area contributed by atoms with Crippen LogP contribution in [0.1, 0.15) is 20.3 Å². The molecule has 1 N–H and O–H groups in total. The van der Waals surface area contributed by atoms with E-state index < -0.39 is 15.9 Å². The molecule has 0 spiro atoms. The molecule has 2 aromatic rings. The number of hydrogen-bond donors (Lipinski definition) is 1. The minimum atomic E-state index is -3.78. The Hall–Kier alpha value is -2.87. The van der Waals surface area contributed by atoms with Gasteiger partial charge in [-0.2, -0.15) is 0 Å². The van der Waals surface area contributed by atoms with Crippen molar-refractivity contribution in [1.29, 1.82) is 0 Å². The Kier molecular flexibility index (Phi) is 6.45. The summed E-state index contributed by atoms with van der Waals surface area (Å²) in [6.45, 7) is 5.07. The van der Waals surface area contributed by atoms with Gasteiger partial charge in [0.15, 0.2) is 0 Å². The average Bonchev–Trinajstić information content (AvgIpc) is 3.08. The number of carbonyl (C=O) groups is 2. The summed E-state index contributed by atoms with van der Waals surface area (Å²) < 4.78 is 27.2. The summed E-state index contributed by atoms with van der Waals surface area (Å²) in [4.78, 5) is 26.6. The summed E-state index contributed by atoms with van der Waals surface area (Å²) in [5.74, 6) is -0.409. The highest BCUT2D eigenvalue weighted by Gasteiger charge is 2.34. The molecule has 1 unspecified atom stereocenters. The van der Waals surface area contributed by atoms with Crippen LogP contribution >= 0.6 is 0 Å². The van der Waals surface area contributed by atoms with Gasteiger partial charge in [0.1, 0.15) is 0 Å². The van der Waals surface area contributed by atoms with Crippen LogP contribution in [0.15, 0.2) is 59.5 Å². The summed E-state index contributed by atoms with van der Waals surface area (Å²) in [5.41, 5.74) is 0.930. The number of hydrogen-bond acceptors (Lipinski definition) is 4. The molecule has 1 atom stereocenters. The summed E-state index contributed by atoms with van der Waals surface area (Å²) in [7, 11) is -2.29. The molecule has 7 nitrogen and oxygen atoms in total. The molecular weight excluding hydrogens is 402 g/mol. The molecule has 1 heterocycles. The van der Waals surface area contributed by atoms with E-state index in [0.717, 1.165) is 0 Å². The maximum Gasteiger partial charge on any atom is 0.264 e. The number of nitrogens with zero attached hydrogens (tertiary/aromatic N) is 2. The molecule has 3 rings (SSSR count). The van der Waals surface area contributed by atoms with E-state index >= 15 is 0 Å². The van der Waals surface area contributed by atoms with Crippen LogP contribution < -0.4 is 9.62 Å². The molecule has 0 radical (unpaired) electrons. The highest BCUT2D eigenvalue weighted by atomic mass is 32.2. The van der Waals surface area contributed by atoms with Crippen LogP contribution in [-0.2, 0) is 19.6 Å². The van der Waals surface area contributed by atoms with Crippen LogP contribution in [0.4, 0.5) is 11.4 Å². The maximum atomic E-state index is 13.0. The summed E-state index contributed by atoms with van der Waals surface area (Å²) in [5, 5.41) is 2.77. The maximum absolute atomic E-state index is 13.0. The van der Waals surface area contributed by atoms with Crippen LogP contribution in [0.3, 0.4) is 0 Å². The molecule has 0 saturated carbocycles. The van der Waals surface area contributed by atoms with E-state index in [9.17, 15) is 18.0 Å². The minimum absolute atomic E-state index is 0.0235. The van der Waals surface area contributed by atoms with Gasteiger partial charge in [-0.15, -0.1) is 0 Å². The first-order chi connectivity index (χ1) is 14.2. The Bertz CT molecular complexity index is 1020. The van der Waals surface area contributed by atoms with Crippen LogP contribution in [0.5, 0.6) is 0 Å². The summed E-state index contributed by atoms with van der Waals surface area (Å²) in [6.07, 6.45) is 0.174. The number of nitrogens with one attached hydrogen (secondary N) is 1. The second-order valence-corrected chi connectivity index (χ2v) is 9.89. The third-order valence-electron chi connectivity index (χ3n) is 5.05. The van der Waals surface area contributed by atoms with Gasteiger partial charge in [-0.1, -0.05) is 38.1 Å². The van der Waals surface area contributed by atoms with Gasteiger partial charge in [-0.05, 0) is 36.2 Å². The van der Waals surface area contributed by atoms with Crippen molar-refractivity contribution in [3.63, 3.8) is 0 Å². The smallest absolute Gasteiger partial charge is 0.264 e. The van der Waals surface area contributed by atoms with Crippen LogP contribution in [0, 0.1) is 11.8 Å². The normalized spacial score (nSPS) is 16.7. The van der Waals surface area contributed by atoms with Crippen molar-refractivity contribution in [2.75, 3.05) is 29.8 Å². The number of rotatable bonds is 7. The zero-order valence-electron chi connectivity index (χ0n) is 17.4. The van der Waals surface area contributed by atoms with Crippen molar-refractivity contribution < 1.29 is 18.0 Å². The predicted octanol–water partition coefficient (Wildman–Crippen LogP) is 2.95. The first-order valence-corrected chi connectivity index (χ1v) is 11.3. The van der Waals surface area contributed by atoms with Crippen molar-refractivity contribution in [3.8, 4) is 0 Å². The van der Waals surface area contributed by atoms with Crippen molar-refractivity contribution in [2.45, 2.75) is 25.2 Å². The average molecular weight is 430 g/mol. The molecule has 30 heavy (non-hydrogen) atoms. The Morgan fingerprint density at radius 3 is 2.53 bits per heavy atom. The van der Waals surface area contributed by atoms with Gasteiger partial charge in [0, 0.05) is 32.2 Å². The third-order valence-corrected chi connectivity index (χ3v) is 6.83. The lowest BCUT2D eigenvalue weighted by Gasteiger charge is -2.20. The number of sulfonamides is 1. The lowest BCUT2D eigenvalue weighted by molar-refractivity contribution is -0.128. The molecule has 0 aliphatic carbocycles. The highest BCUT2D eigenvalue weighted by Crippen LogP contribution is 2.25. The Balaban J connectivity index is 1.73. The molecule has 0 bridgehead atoms. The largest absolute Gasteiger partial charge is 0.342 e. The topological polar surface area (TPSA) is 86.8 Å². The van der Waals surface area contributed by atoms with E-state index in [0.29, 0.717) is 30.4 Å². The minimum Gasteiger partial charge on any atom is -0.342 e. The van der Waals surface area contributed by atoms with E-state index in [1.165, 1.54) is 23.5 Å². The SMILES string of the molecule is CC(C)CN1CC(C(=O)Nc2cccc(S(=O)(=O)N(C)c3ccccc3)c2)CC1=O. The van der Waals surface area contributed by atoms with Crippen molar-refractivity contribution in [1.82, 2.24) is 4.90 Å². The van der Waals surface area contributed by atoms with Crippen molar-refractivity contribution >= 4 is 33.2 Å². The molecule has 2 aromatic carbocycles. The lowest BCUT2D eigenvalue weighted by Crippen LogP contribution is -2.31. The zero-order valence-corrected chi connectivity index (χ0v) is 18.2. The molecule has 160 valence electrons. The Labute approximate surface area is 177 Å². The second-order valence-electron chi connectivity index (χ2n) is 7.92. The monoisotopic (exact) mass is 429 g/mol. The van der Waals surface area contributed by atoms with Crippen molar-refractivity contribution in [2.24, 2.45) is 11.8 Å². The number of carbonyl (C=O) groups excluding carboxylic acids is 2. The van der Waals surface area contributed by atoms with Crippen molar-refractivity contribution in [3.05, 3.63) is 54.6 Å². The van der Waals surface area contributed by atoms with E-state index in [4.69, 9.17) is 0 Å². The molecule has 8 heteroatoms. The third kappa shape index (κ3) is 4.81. The standard InChI is InChI=1S/C22H27N3O4S/c1-16(2)14-25-15-17(12-21(25)26)22(27)23-18-8-7-11-20(13-18)30(28,29)24(3)19-9-5-4-6-10-19/h4-11,13,16-17H,12,14-15H2,1-3H3,(H,23,27). The van der Waals surface area contributed by atoms with Crippen LogP contribution in [0.2, 0.25) is 0 Å². The number of likely N-dealkylation sites (tertiary alicyclic amines) is 1. The fourth-order valence-electron chi connectivity index (χ4n) is 3.48. The predicted molar refractivity (Wildman–Crippen MR) is 117 cm³/mol. The first-order valence-electron chi connectivity index (χ1n) is 9.91. The summed E-state index contributed by atoms with van der Waals surface area (Å²) in [6, 6.07) is 14.9. The van der Waals surface area contributed by atoms with E-state index in [2.05, 4.69) is 5.32 Å². The van der Waals surface area contributed by atoms with Crippen LogP contribution in [0.25, 0.3) is 0 Å². The Morgan fingerprint density at radius 1 is 1.17 bits per heavy atom. The quantitative estimate of drug-likeness (QED) is 0.733. The number of benzene rings is 2. The molecule has 1 saturated heterocycles. The molecule has 1 fully saturated rings. The first kappa shape index (κ1) is 21.8. The van der Waals surface area contributed by atoms with E-state index in [1.54, 1.807) is 41.3 Å². The zero-order chi connectivity index (χ0) is 21.9. The molecule has 1 aliphatic rings. The van der Waals surface area contributed by atoms with Gasteiger partial charge in [-0.3, -0.25) is 13.9 Å². The van der Waals surface area contributed by atoms with Gasteiger partial charge < -0.3 is 10.2 Å². The van der Waals surface area contributed by atoms with Gasteiger partial charge in [-0.25, -0.2) is 8.42 Å². The highest BCUT2D eigenvalue weighted by molar-refractivity contribution is 7.92. The number of amides is 2. The molecule has 1 aliphatic heterocycles. The van der Waals surface area contributed by atoms with Gasteiger partial charge in [0.05, 0.1) is 16.5 Å².